The van der Waals surface area contributed by atoms with Gasteiger partial charge in [0.1, 0.15) is 11.9 Å². The number of benzene rings is 1. The number of halogens is 4. The molecule has 2 fully saturated rings. The summed E-state index contributed by atoms with van der Waals surface area (Å²) in [6.45, 7) is 6.19. The normalized spacial score (nSPS) is 24.8. The average Bonchev–Trinajstić information content (AvgIpc) is 3.16. The molecule has 12 heteroatoms. The van der Waals surface area contributed by atoms with Gasteiger partial charge in [0, 0.05) is 30.9 Å². The van der Waals surface area contributed by atoms with Crippen LogP contribution in [0.3, 0.4) is 0 Å². The zero-order valence-electron chi connectivity index (χ0n) is 21.3. The topological polar surface area (TPSA) is 90.5 Å². The summed E-state index contributed by atoms with van der Waals surface area (Å²) in [6.07, 6.45) is -1.73. The van der Waals surface area contributed by atoms with Crippen molar-refractivity contribution in [3.8, 4) is 0 Å². The van der Waals surface area contributed by atoms with Gasteiger partial charge in [-0.25, -0.2) is 9.97 Å². The van der Waals surface area contributed by atoms with E-state index in [9.17, 15) is 22.8 Å². The van der Waals surface area contributed by atoms with E-state index >= 15 is 0 Å². The average molecular weight is 541 g/mol. The van der Waals surface area contributed by atoms with E-state index in [0.717, 1.165) is 31.4 Å². The zero-order valence-corrected chi connectivity index (χ0v) is 22.0. The first-order valence-electron chi connectivity index (χ1n) is 12.5. The Kier molecular flexibility index (Phi) is 7.85. The van der Waals surface area contributed by atoms with E-state index in [4.69, 9.17) is 11.6 Å². The van der Waals surface area contributed by atoms with Crippen LogP contribution in [0.1, 0.15) is 52.0 Å². The number of rotatable bonds is 6. The van der Waals surface area contributed by atoms with E-state index in [-0.39, 0.29) is 51.9 Å². The van der Waals surface area contributed by atoms with Gasteiger partial charge >= 0.3 is 6.18 Å². The number of aromatic nitrogens is 2. The summed E-state index contributed by atoms with van der Waals surface area (Å²) in [6, 6.07) is 2.75. The fourth-order valence-corrected chi connectivity index (χ4v) is 5.61. The van der Waals surface area contributed by atoms with Gasteiger partial charge in [-0.05, 0) is 76.4 Å². The molecule has 1 saturated heterocycles. The second-order valence-electron chi connectivity index (χ2n) is 10.2. The zero-order chi connectivity index (χ0) is 27.1. The van der Waals surface area contributed by atoms with Gasteiger partial charge in [-0.15, -0.1) is 0 Å². The summed E-state index contributed by atoms with van der Waals surface area (Å²) >= 11 is 6.03. The highest BCUT2D eigenvalue weighted by molar-refractivity contribution is 6.28. The fourth-order valence-electron chi connectivity index (χ4n) is 5.43. The molecule has 2 amide bonds. The molecule has 4 atom stereocenters. The number of nitrogens with one attached hydrogen (secondary N) is 2. The Balaban J connectivity index is 1.55. The van der Waals surface area contributed by atoms with Gasteiger partial charge in [0.05, 0.1) is 23.2 Å². The molecular weight excluding hydrogens is 509 g/mol. The number of likely N-dealkylation sites (tertiary alicyclic amines) is 1. The van der Waals surface area contributed by atoms with Gasteiger partial charge in [-0.3, -0.25) is 9.59 Å². The third-order valence-corrected chi connectivity index (χ3v) is 7.68. The maximum Gasteiger partial charge on any atom is 0.416 e. The molecule has 8 nitrogen and oxygen atoms in total. The van der Waals surface area contributed by atoms with Crippen LogP contribution in [-0.4, -0.2) is 75.4 Å². The number of amides is 2. The maximum atomic E-state index is 13.5. The Morgan fingerprint density at radius 3 is 2.59 bits per heavy atom. The molecule has 2 N–H and O–H groups in total. The largest absolute Gasteiger partial charge is 0.416 e. The molecule has 1 aliphatic carbocycles. The van der Waals surface area contributed by atoms with Crippen molar-refractivity contribution in [2.24, 2.45) is 0 Å². The molecule has 0 radical (unpaired) electrons. The summed E-state index contributed by atoms with van der Waals surface area (Å²) in [5.74, 6) is -0.236. The van der Waals surface area contributed by atoms with Gasteiger partial charge in [-0.2, -0.15) is 13.2 Å². The highest BCUT2D eigenvalue weighted by Gasteiger charge is 2.43. The van der Waals surface area contributed by atoms with Crippen molar-refractivity contribution in [2.45, 2.75) is 82.8 Å². The molecule has 2 heterocycles. The van der Waals surface area contributed by atoms with Crippen molar-refractivity contribution in [3.63, 3.8) is 0 Å². The van der Waals surface area contributed by atoms with Crippen LogP contribution in [0.25, 0.3) is 10.9 Å². The van der Waals surface area contributed by atoms with E-state index in [0.29, 0.717) is 19.0 Å². The van der Waals surface area contributed by atoms with Crippen LogP contribution in [0, 0.1) is 0 Å². The Morgan fingerprint density at radius 2 is 1.95 bits per heavy atom. The summed E-state index contributed by atoms with van der Waals surface area (Å²) in [4.78, 5) is 37.7. The molecule has 1 aliphatic heterocycles. The number of nitrogens with zero attached hydrogens (tertiary/aromatic N) is 4. The summed E-state index contributed by atoms with van der Waals surface area (Å²) < 4.78 is 40.0. The van der Waals surface area contributed by atoms with Crippen molar-refractivity contribution in [3.05, 3.63) is 29.0 Å². The number of alkyl halides is 3. The Bertz CT molecular complexity index is 1180. The lowest BCUT2D eigenvalue weighted by Crippen LogP contribution is -2.58. The molecule has 202 valence electrons. The molecular formula is C25H32ClF3N6O2. The molecule has 37 heavy (non-hydrogen) atoms. The molecule has 1 aromatic carbocycles. The maximum absolute atomic E-state index is 13.5. The third-order valence-electron chi connectivity index (χ3n) is 7.51. The molecule has 1 saturated carbocycles. The Labute approximate surface area is 218 Å². The van der Waals surface area contributed by atoms with E-state index in [1.807, 2.05) is 0 Å². The lowest BCUT2D eigenvalue weighted by atomic mass is 9.84. The van der Waals surface area contributed by atoms with Gasteiger partial charge < -0.3 is 20.4 Å². The van der Waals surface area contributed by atoms with E-state index in [2.05, 4.69) is 46.4 Å². The lowest BCUT2D eigenvalue weighted by Gasteiger charge is -2.44. The molecule has 0 spiro atoms. The molecule has 2 aromatic rings. The molecule has 1 unspecified atom stereocenters. The predicted molar refractivity (Wildman–Crippen MR) is 135 cm³/mol. The number of anilines is 1. The smallest absolute Gasteiger partial charge is 0.358 e. The molecule has 0 bridgehead atoms. The quantitative estimate of drug-likeness (QED) is 0.537. The van der Waals surface area contributed by atoms with Crippen LogP contribution in [0.15, 0.2) is 18.2 Å². The van der Waals surface area contributed by atoms with Crippen LogP contribution in [0.4, 0.5) is 19.0 Å². The van der Waals surface area contributed by atoms with Crippen LogP contribution in [0.2, 0.25) is 5.28 Å². The third kappa shape index (κ3) is 5.93. The van der Waals surface area contributed by atoms with Crippen LogP contribution >= 0.6 is 11.6 Å². The highest BCUT2D eigenvalue weighted by atomic mass is 35.5. The van der Waals surface area contributed by atoms with Crippen molar-refractivity contribution in [1.82, 2.24) is 25.1 Å². The van der Waals surface area contributed by atoms with Crippen molar-refractivity contribution in [2.75, 3.05) is 18.9 Å². The van der Waals surface area contributed by atoms with E-state index < -0.39 is 17.8 Å². The minimum absolute atomic E-state index is 0.0852. The first-order valence-corrected chi connectivity index (χ1v) is 12.8. The number of hydrogen-bond acceptors (Lipinski definition) is 6. The number of hydrogen-bond donors (Lipinski definition) is 2. The minimum Gasteiger partial charge on any atom is -0.358 e. The second kappa shape index (κ2) is 10.6. The SMILES string of the molecule is CC(=O)N[C@@H]1CC(N(C)C(C)C)CC[C@@H]1N1CC[C@H](Nc2nc(Cl)nc3ccc(C(F)(F)F)cc23)C1=O. The standard InChI is InChI=1S/C25H32ClF3N6O2/c1-13(2)34(4)16-6-8-21(20(12-16)30-14(3)36)35-10-9-19(23(35)37)31-22-17-11-15(25(27,28)29)5-7-18(17)32-24(26)33-22/h5,7,11,13,16,19-21H,6,8-10,12H2,1-4H3,(H,30,36)(H,31,32,33)/t16?,19-,20+,21-/m0/s1. The van der Waals surface area contributed by atoms with E-state index in [1.165, 1.54) is 13.0 Å². The number of carbonyl (C=O) groups excluding carboxylic acids is 2. The van der Waals surface area contributed by atoms with Gasteiger partial charge in [0.25, 0.3) is 0 Å². The van der Waals surface area contributed by atoms with Crippen LogP contribution in [-0.2, 0) is 15.8 Å². The summed E-state index contributed by atoms with van der Waals surface area (Å²) in [5.41, 5.74) is -0.592. The lowest BCUT2D eigenvalue weighted by molar-refractivity contribution is -0.137. The highest BCUT2D eigenvalue weighted by Crippen LogP contribution is 2.35. The van der Waals surface area contributed by atoms with Gasteiger partial charge in [0.2, 0.25) is 17.1 Å². The van der Waals surface area contributed by atoms with E-state index in [1.54, 1.807) is 4.90 Å². The summed E-state index contributed by atoms with van der Waals surface area (Å²) in [5, 5.41) is 6.08. The molecule has 1 aromatic heterocycles. The predicted octanol–water partition coefficient (Wildman–Crippen LogP) is 4.08. The monoisotopic (exact) mass is 540 g/mol. The van der Waals surface area contributed by atoms with Crippen LogP contribution < -0.4 is 10.6 Å². The van der Waals surface area contributed by atoms with Crippen molar-refractivity contribution in [1.29, 1.82) is 0 Å². The number of carbonyl (C=O) groups is 2. The van der Waals surface area contributed by atoms with Gasteiger partial charge in [0.15, 0.2) is 0 Å². The number of fused-ring (bicyclic) bond motifs is 1. The van der Waals surface area contributed by atoms with Crippen molar-refractivity contribution < 1.29 is 22.8 Å². The first kappa shape index (κ1) is 27.4. The molecule has 2 aliphatic rings. The molecule has 4 rings (SSSR count). The van der Waals surface area contributed by atoms with Crippen molar-refractivity contribution >= 4 is 40.1 Å². The van der Waals surface area contributed by atoms with Crippen LogP contribution in [0.5, 0.6) is 0 Å². The fraction of sp³-hybridized carbons (Fsp3) is 0.600. The Hall–Kier alpha value is -2.66. The summed E-state index contributed by atoms with van der Waals surface area (Å²) in [7, 11) is 2.07. The second-order valence-corrected chi connectivity index (χ2v) is 10.5. The van der Waals surface area contributed by atoms with Gasteiger partial charge in [-0.1, -0.05) is 0 Å². The Morgan fingerprint density at radius 1 is 1.22 bits per heavy atom. The minimum atomic E-state index is -4.54. The first-order chi connectivity index (χ1) is 17.3.